The van der Waals surface area contributed by atoms with Crippen molar-refractivity contribution < 1.29 is 9.90 Å². The zero-order valence-electron chi connectivity index (χ0n) is 14.3. The van der Waals surface area contributed by atoms with Crippen LogP contribution >= 0.6 is 0 Å². The van der Waals surface area contributed by atoms with Crippen molar-refractivity contribution in [2.24, 2.45) is 5.41 Å². The van der Waals surface area contributed by atoms with Crippen LogP contribution in [-0.2, 0) is 11.3 Å². The maximum absolute atomic E-state index is 12.6. The lowest BCUT2D eigenvalue weighted by Gasteiger charge is -2.40. The normalized spacial score (nSPS) is 17.8. The molecule has 1 fully saturated rings. The van der Waals surface area contributed by atoms with Gasteiger partial charge in [-0.3, -0.25) is 9.69 Å². The highest BCUT2D eigenvalue weighted by atomic mass is 16.3. The van der Waals surface area contributed by atoms with E-state index in [2.05, 4.69) is 41.4 Å². The Balaban J connectivity index is 1.90. The van der Waals surface area contributed by atoms with Gasteiger partial charge < -0.3 is 10.4 Å². The van der Waals surface area contributed by atoms with E-state index >= 15 is 0 Å². The molecule has 2 N–H and O–H groups in total. The molecule has 4 heteroatoms. The van der Waals surface area contributed by atoms with Crippen LogP contribution in [0.1, 0.15) is 44.6 Å². The second kappa shape index (κ2) is 9.04. The molecule has 1 aliphatic rings. The summed E-state index contributed by atoms with van der Waals surface area (Å²) in [6, 6.07) is 10.5. The van der Waals surface area contributed by atoms with E-state index in [1.807, 2.05) is 6.07 Å². The van der Waals surface area contributed by atoms with Gasteiger partial charge >= 0.3 is 0 Å². The van der Waals surface area contributed by atoms with Crippen LogP contribution in [0.25, 0.3) is 0 Å². The number of nitrogens with zero attached hydrogens (tertiary/aromatic N) is 1. The predicted molar refractivity (Wildman–Crippen MR) is 93.0 cm³/mol. The van der Waals surface area contributed by atoms with Crippen LogP contribution in [-0.4, -0.2) is 42.2 Å². The summed E-state index contributed by atoms with van der Waals surface area (Å²) < 4.78 is 0. The number of aliphatic hydroxyl groups excluding tert-OH is 1. The average molecular weight is 318 g/mol. The van der Waals surface area contributed by atoms with Gasteiger partial charge in [-0.1, -0.05) is 43.7 Å². The molecule has 1 amide bonds. The number of likely N-dealkylation sites (tertiary alicyclic amines) is 1. The van der Waals surface area contributed by atoms with Crippen LogP contribution < -0.4 is 5.32 Å². The zero-order valence-corrected chi connectivity index (χ0v) is 14.3. The molecule has 0 spiro atoms. The first-order valence-electron chi connectivity index (χ1n) is 8.85. The lowest BCUT2D eigenvalue weighted by Crippen LogP contribution is -2.49. The van der Waals surface area contributed by atoms with Crippen LogP contribution in [0.4, 0.5) is 0 Å². The van der Waals surface area contributed by atoms with Crippen molar-refractivity contribution in [2.45, 2.75) is 45.6 Å². The molecule has 2 rings (SSSR count). The highest BCUT2D eigenvalue weighted by molar-refractivity contribution is 5.82. The molecule has 1 aliphatic heterocycles. The molecule has 0 unspecified atom stereocenters. The highest BCUT2D eigenvalue weighted by Gasteiger charge is 2.40. The molecule has 1 aromatic carbocycles. The van der Waals surface area contributed by atoms with Crippen molar-refractivity contribution in [2.75, 3.05) is 26.2 Å². The van der Waals surface area contributed by atoms with Crippen LogP contribution in [0.3, 0.4) is 0 Å². The number of rotatable bonds is 8. The molecule has 4 nitrogen and oxygen atoms in total. The van der Waals surface area contributed by atoms with E-state index in [9.17, 15) is 9.90 Å². The quantitative estimate of drug-likeness (QED) is 0.724. The third-order valence-electron chi connectivity index (χ3n) is 4.95. The summed E-state index contributed by atoms with van der Waals surface area (Å²) in [5.74, 6) is 0.138. The minimum atomic E-state index is -0.379. The molecule has 0 radical (unpaired) electrons. The van der Waals surface area contributed by atoms with Gasteiger partial charge in [0.2, 0.25) is 5.91 Å². The monoisotopic (exact) mass is 318 g/mol. The van der Waals surface area contributed by atoms with Crippen LogP contribution in [0.2, 0.25) is 0 Å². The molecule has 1 heterocycles. The number of carbonyl (C=O) groups excluding carboxylic acids is 1. The lowest BCUT2D eigenvalue weighted by molar-refractivity contribution is -0.135. The standard InChI is InChI=1S/C19H30N2O2/c1-2-3-12-20-18(23)19(11-15-22)9-13-21(14-10-19)16-17-7-5-4-6-8-17/h4-8,22H,2-3,9-16H2,1H3,(H,20,23). The molecule has 128 valence electrons. The van der Waals surface area contributed by atoms with Gasteiger partial charge in [0.15, 0.2) is 0 Å². The fourth-order valence-corrected chi connectivity index (χ4v) is 3.35. The Labute approximate surface area is 139 Å². The van der Waals surface area contributed by atoms with E-state index in [1.165, 1.54) is 5.56 Å². The summed E-state index contributed by atoms with van der Waals surface area (Å²) in [5.41, 5.74) is 0.935. The number of hydrogen-bond acceptors (Lipinski definition) is 3. The number of hydrogen-bond donors (Lipinski definition) is 2. The lowest BCUT2D eigenvalue weighted by atomic mass is 9.75. The molecule has 0 bridgehead atoms. The molecule has 23 heavy (non-hydrogen) atoms. The fraction of sp³-hybridized carbons (Fsp3) is 0.632. The van der Waals surface area contributed by atoms with E-state index in [0.717, 1.165) is 51.9 Å². The predicted octanol–water partition coefficient (Wildman–Crippen LogP) is 2.57. The summed E-state index contributed by atoms with van der Waals surface area (Å²) >= 11 is 0. The molecule has 1 aromatic rings. The van der Waals surface area contributed by atoms with Gasteiger partial charge in [0, 0.05) is 19.7 Å². The second-order valence-corrected chi connectivity index (χ2v) is 6.63. The Morgan fingerprint density at radius 1 is 1.26 bits per heavy atom. The molecule has 0 aromatic heterocycles. The fourth-order valence-electron chi connectivity index (χ4n) is 3.35. The SMILES string of the molecule is CCCCNC(=O)C1(CCO)CCN(Cc2ccccc2)CC1. The van der Waals surface area contributed by atoms with Gasteiger partial charge in [-0.15, -0.1) is 0 Å². The number of unbranched alkanes of at least 4 members (excludes halogenated alkanes) is 1. The van der Waals surface area contributed by atoms with Crippen molar-refractivity contribution >= 4 is 5.91 Å². The Bertz CT molecular complexity index is 468. The summed E-state index contributed by atoms with van der Waals surface area (Å²) in [5, 5.41) is 12.5. The first kappa shape index (κ1) is 18.0. The number of carbonyl (C=O) groups is 1. The van der Waals surface area contributed by atoms with Crippen LogP contribution in [0.15, 0.2) is 30.3 Å². The zero-order chi connectivity index (χ0) is 16.5. The molecule has 1 saturated heterocycles. The third kappa shape index (κ3) is 5.05. The van der Waals surface area contributed by atoms with Crippen molar-refractivity contribution in [1.82, 2.24) is 10.2 Å². The number of amides is 1. The molecule has 0 aliphatic carbocycles. The van der Waals surface area contributed by atoms with Crippen LogP contribution in [0.5, 0.6) is 0 Å². The number of piperidine rings is 1. The first-order valence-corrected chi connectivity index (χ1v) is 8.85. The van der Waals surface area contributed by atoms with Crippen molar-refractivity contribution in [3.05, 3.63) is 35.9 Å². The van der Waals surface area contributed by atoms with E-state index in [1.54, 1.807) is 0 Å². The summed E-state index contributed by atoms with van der Waals surface area (Å²) in [4.78, 5) is 15.0. The largest absolute Gasteiger partial charge is 0.396 e. The van der Waals surface area contributed by atoms with Gasteiger partial charge in [0.05, 0.1) is 5.41 Å². The van der Waals surface area contributed by atoms with Crippen molar-refractivity contribution in [1.29, 1.82) is 0 Å². The third-order valence-corrected chi connectivity index (χ3v) is 4.95. The number of aliphatic hydroxyl groups is 1. The van der Waals surface area contributed by atoms with E-state index < -0.39 is 0 Å². The number of benzene rings is 1. The maximum atomic E-state index is 12.6. The second-order valence-electron chi connectivity index (χ2n) is 6.63. The van der Waals surface area contributed by atoms with Gasteiger partial charge in [-0.2, -0.15) is 0 Å². The minimum absolute atomic E-state index is 0.0832. The Morgan fingerprint density at radius 2 is 1.96 bits per heavy atom. The van der Waals surface area contributed by atoms with Gasteiger partial charge in [0.25, 0.3) is 0 Å². The Morgan fingerprint density at radius 3 is 2.57 bits per heavy atom. The Hall–Kier alpha value is -1.39. The summed E-state index contributed by atoms with van der Waals surface area (Å²) in [6.07, 6.45) is 4.33. The Kier molecular flexibility index (Phi) is 7.06. The van der Waals surface area contributed by atoms with Gasteiger partial charge in [-0.25, -0.2) is 0 Å². The minimum Gasteiger partial charge on any atom is -0.396 e. The maximum Gasteiger partial charge on any atom is 0.226 e. The van der Waals surface area contributed by atoms with Gasteiger partial charge in [0.1, 0.15) is 0 Å². The summed E-state index contributed by atoms with van der Waals surface area (Å²) in [6.45, 7) is 5.72. The molecule has 0 saturated carbocycles. The molecular weight excluding hydrogens is 288 g/mol. The number of nitrogens with one attached hydrogen (secondary N) is 1. The van der Waals surface area contributed by atoms with Gasteiger partial charge in [-0.05, 0) is 44.3 Å². The van der Waals surface area contributed by atoms with Crippen LogP contribution in [0, 0.1) is 5.41 Å². The topological polar surface area (TPSA) is 52.6 Å². The first-order chi connectivity index (χ1) is 11.2. The molecule has 0 atom stereocenters. The van der Waals surface area contributed by atoms with E-state index in [-0.39, 0.29) is 17.9 Å². The smallest absolute Gasteiger partial charge is 0.226 e. The molecular formula is C19H30N2O2. The van der Waals surface area contributed by atoms with Crippen molar-refractivity contribution in [3.8, 4) is 0 Å². The average Bonchev–Trinajstić information content (AvgIpc) is 2.58. The summed E-state index contributed by atoms with van der Waals surface area (Å²) in [7, 11) is 0. The van der Waals surface area contributed by atoms with E-state index in [0.29, 0.717) is 6.42 Å². The van der Waals surface area contributed by atoms with Crippen molar-refractivity contribution in [3.63, 3.8) is 0 Å². The van der Waals surface area contributed by atoms with E-state index in [4.69, 9.17) is 0 Å². The highest BCUT2D eigenvalue weighted by Crippen LogP contribution is 2.35.